The summed E-state index contributed by atoms with van der Waals surface area (Å²) in [6.07, 6.45) is 3.88. The lowest BCUT2D eigenvalue weighted by molar-refractivity contribution is -0.385. The molecule has 0 unspecified atom stereocenters. The molecule has 1 saturated heterocycles. The van der Waals surface area contributed by atoms with Crippen LogP contribution in [-0.4, -0.2) is 41.0 Å². The Morgan fingerprint density at radius 2 is 1.78 bits per heavy atom. The highest BCUT2D eigenvalue weighted by Crippen LogP contribution is 2.26. The fourth-order valence-corrected chi connectivity index (χ4v) is 3.42. The second-order valence-corrected chi connectivity index (χ2v) is 7.05. The highest BCUT2D eigenvalue weighted by molar-refractivity contribution is 7.98. The van der Waals surface area contributed by atoms with Crippen LogP contribution in [0.15, 0.2) is 47.4 Å². The zero-order valence-electron chi connectivity index (χ0n) is 14.8. The minimum Gasteiger partial charge on any atom is -0.339 e. The van der Waals surface area contributed by atoms with Crippen molar-refractivity contribution in [3.05, 3.63) is 63.7 Å². The van der Waals surface area contributed by atoms with Gasteiger partial charge in [0.1, 0.15) is 5.56 Å². The topological polar surface area (TPSA) is 92.5 Å². The van der Waals surface area contributed by atoms with E-state index in [4.69, 9.17) is 0 Å². The minimum atomic E-state index is -0.573. The van der Waals surface area contributed by atoms with Crippen LogP contribution >= 0.6 is 11.8 Å². The van der Waals surface area contributed by atoms with Crippen LogP contribution in [0.5, 0.6) is 0 Å². The molecular weight excluding hydrogens is 366 g/mol. The Morgan fingerprint density at radius 3 is 2.37 bits per heavy atom. The van der Waals surface area contributed by atoms with Gasteiger partial charge in [-0.2, -0.15) is 0 Å². The van der Waals surface area contributed by atoms with Gasteiger partial charge in [-0.05, 0) is 55.5 Å². The van der Waals surface area contributed by atoms with Crippen molar-refractivity contribution >= 4 is 35.0 Å². The molecule has 0 aliphatic carbocycles. The van der Waals surface area contributed by atoms with Crippen LogP contribution in [-0.2, 0) is 0 Å². The fraction of sp³-hybridized carbons (Fsp3) is 0.263. The maximum absolute atomic E-state index is 12.5. The van der Waals surface area contributed by atoms with Gasteiger partial charge in [-0.3, -0.25) is 19.7 Å². The van der Waals surface area contributed by atoms with Gasteiger partial charge >= 0.3 is 0 Å². The van der Waals surface area contributed by atoms with Crippen molar-refractivity contribution in [3.8, 4) is 0 Å². The summed E-state index contributed by atoms with van der Waals surface area (Å²) in [7, 11) is 0. The quantitative estimate of drug-likeness (QED) is 0.480. The summed E-state index contributed by atoms with van der Waals surface area (Å²) in [5.74, 6) is -0.579. The average Bonchev–Trinajstić information content (AvgIpc) is 3.22. The van der Waals surface area contributed by atoms with Crippen molar-refractivity contribution in [2.75, 3.05) is 24.7 Å². The highest BCUT2D eigenvalue weighted by atomic mass is 32.2. The summed E-state index contributed by atoms with van der Waals surface area (Å²) < 4.78 is 0. The molecule has 2 aromatic carbocycles. The average molecular weight is 385 g/mol. The summed E-state index contributed by atoms with van der Waals surface area (Å²) in [5, 5.41) is 13.9. The Morgan fingerprint density at radius 1 is 1.11 bits per heavy atom. The first-order chi connectivity index (χ1) is 13.0. The molecule has 1 aliphatic heterocycles. The van der Waals surface area contributed by atoms with E-state index in [2.05, 4.69) is 5.32 Å². The van der Waals surface area contributed by atoms with Crippen molar-refractivity contribution < 1.29 is 14.5 Å². The number of likely N-dealkylation sites (tertiary alicyclic amines) is 1. The molecule has 3 rings (SSSR count). The molecule has 1 N–H and O–H groups in total. The van der Waals surface area contributed by atoms with Gasteiger partial charge in [0.05, 0.1) is 4.92 Å². The largest absolute Gasteiger partial charge is 0.339 e. The van der Waals surface area contributed by atoms with E-state index in [-0.39, 0.29) is 17.2 Å². The number of anilines is 1. The third-order valence-electron chi connectivity index (χ3n) is 4.43. The molecule has 2 amide bonds. The third-order valence-corrected chi connectivity index (χ3v) is 5.15. The van der Waals surface area contributed by atoms with Crippen LogP contribution in [0, 0.1) is 10.1 Å². The zero-order valence-corrected chi connectivity index (χ0v) is 15.6. The number of nitro benzene ring substituents is 1. The van der Waals surface area contributed by atoms with Gasteiger partial charge < -0.3 is 10.2 Å². The number of hydrogen-bond acceptors (Lipinski definition) is 5. The molecule has 7 nitrogen and oxygen atoms in total. The number of amides is 2. The Kier molecular flexibility index (Phi) is 5.75. The van der Waals surface area contributed by atoms with Crippen LogP contribution in [0.2, 0.25) is 0 Å². The van der Waals surface area contributed by atoms with E-state index < -0.39 is 10.8 Å². The van der Waals surface area contributed by atoms with Crippen LogP contribution < -0.4 is 5.32 Å². The van der Waals surface area contributed by atoms with Gasteiger partial charge in [0.2, 0.25) is 0 Å². The molecule has 2 aromatic rings. The number of nitrogens with one attached hydrogen (secondary N) is 1. The maximum atomic E-state index is 12.5. The molecule has 140 valence electrons. The van der Waals surface area contributed by atoms with E-state index in [1.807, 2.05) is 11.2 Å². The molecule has 8 heteroatoms. The summed E-state index contributed by atoms with van der Waals surface area (Å²) >= 11 is 1.40. The molecule has 0 saturated carbocycles. The first-order valence-electron chi connectivity index (χ1n) is 8.52. The number of carbonyl (C=O) groups is 2. The van der Waals surface area contributed by atoms with Crippen LogP contribution in [0.3, 0.4) is 0 Å². The van der Waals surface area contributed by atoms with Crippen molar-refractivity contribution in [1.29, 1.82) is 0 Å². The molecule has 0 radical (unpaired) electrons. The van der Waals surface area contributed by atoms with Gasteiger partial charge in [0, 0.05) is 35.3 Å². The molecule has 27 heavy (non-hydrogen) atoms. The van der Waals surface area contributed by atoms with Crippen molar-refractivity contribution in [3.63, 3.8) is 0 Å². The number of nitrogens with zero attached hydrogens (tertiary/aromatic N) is 2. The Balaban J connectivity index is 1.76. The molecule has 0 atom stereocenters. The predicted octanol–water partition coefficient (Wildman–Crippen LogP) is 3.81. The minimum absolute atomic E-state index is 0.00377. The summed E-state index contributed by atoms with van der Waals surface area (Å²) in [4.78, 5) is 38.1. The number of thioether (sulfide) groups is 1. The number of nitro groups is 1. The monoisotopic (exact) mass is 385 g/mol. The second-order valence-electron chi connectivity index (χ2n) is 6.17. The van der Waals surface area contributed by atoms with Crippen LogP contribution in [0.4, 0.5) is 11.4 Å². The lowest BCUT2D eigenvalue weighted by Crippen LogP contribution is -2.27. The predicted molar refractivity (Wildman–Crippen MR) is 104 cm³/mol. The van der Waals surface area contributed by atoms with Crippen molar-refractivity contribution in [2.24, 2.45) is 0 Å². The van der Waals surface area contributed by atoms with E-state index in [1.165, 1.54) is 23.9 Å². The van der Waals surface area contributed by atoms with E-state index in [0.717, 1.165) is 30.8 Å². The summed E-state index contributed by atoms with van der Waals surface area (Å²) in [5.41, 5.74) is 0.794. The Hall–Kier alpha value is -2.87. The number of benzene rings is 2. The van der Waals surface area contributed by atoms with E-state index in [9.17, 15) is 19.7 Å². The lowest BCUT2D eigenvalue weighted by Gasteiger charge is -2.15. The van der Waals surface area contributed by atoms with Gasteiger partial charge in [-0.15, -0.1) is 11.8 Å². The smallest absolute Gasteiger partial charge is 0.282 e. The Bertz CT molecular complexity index is 877. The number of rotatable bonds is 5. The highest BCUT2D eigenvalue weighted by Gasteiger charge is 2.22. The Labute approximate surface area is 160 Å². The molecule has 1 heterocycles. The molecule has 0 spiro atoms. The first-order valence-corrected chi connectivity index (χ1v) is 9.75. The molecule has 0 bridgehead atoms. The van der Waals surface area contributed by atoms with Crippen LogP contribution in [0.1, 0.15) is 33.6 Å². The van der Waals surface area contributed by atoms with Crippen LogP contribution in [0.25, 0.3) is 0 Å². The SMILES string of the molecule is CSc1ccc([N+](=O)[O-])c(C(=O)Nc2ccc(C(=O)N3CCCC3)cc2)c1. The van der Waals surface area contributed by atoms with Gasteiger partial charge in [0.25, 0.3) is 17.5 Å². The van der Waals surface area contributed by atoms with Crippen molar-refractivity contribution in [1.82, 2.24) is 4.90 Å². The first kappa shape index (κ1) is 18.9. The second kappa shape index (κ2) is 8.22. The fourth-order valence-electron chi connectivity index (χ4n) is 2.98. The number of carbonyl (C=O) groups excluding carboxylic acids is 2. The lowest BCUT2D eigenvalue weighted by atomic mass is 10.1. The normalized spacial score (nSPS) is 13.4. The van der Waals surface area contributed by atoms with E-state index in [0.29, 0.717) is 11.3 Å². The van der Waals surface area contributed by atoms with Gasteiger partial charge in [-0.1, -0.05) is 0 Å². The zero-order chi connectivity index (χ0) is 19.4. The van der Waals surface area contributed by atoms with E-state index in [1.54, 1.807) is 30.3 Å². The molecule has 1 aliphatic rings. The maximum Gasteiger partial charge on any atom is 0.282 e. The van der Waals surface area contributed by atoms with E-state index >= 15 is 0 Å². The summed E-state index contributed by atoms with van der Waals surface area (Å²) in [6.45, 7) is 1.54. The van der Waals surface area contributed by atoms with Crippen molar-refractivity contribution in [2.45, 2.75) is 17.7 Å². The van der Waals surface area contributed by atoms with Gasteiger partial charge in [-0.25, -0.2) is 0 Å². The van der Waals surface area contributed by atoms with Gasteiger partial charge in [0.15, 0.2) is 0 Å². The molecule has 0 aromatic heterocycles. The third kappa shape index (κ3) is 4.28. The standard InChI is InChI=1S/C19H19N3O4S/c1-27-15-8-9-17(22(25)26)16(12-15)18(23)20-14-6-4-13(5-7-14)19(24)21-10-2-3-11-21/h4-9,12H,2-3,10-11H2,1H3,(H,20,23). The molecule has 1 fully saturated rings. The molecular formula is C19H19N3O4S. The summed E-state index contributed by atoms with van der Waals surface area (Å²) in [6, 6.07) is 11.0. The number of hydrogen-bond donors (Lipinski definition) is 1.